The number of piperazine rings is 1. The number of carbonyl (C=O) groups is 1. The molecule has 0 radical (unpaired) electrons. The number of hydrogen-bond acceptors (Lipinski definition) is 5. The van der Waals surface area contributed by atoms with Crippen LogP contribution in [0.25, 0.3) is 5.95 Å². The minimum Gasteiger partial charge on any atom is -0.450 e. The molecule has 2 aromatic heterocycles. The number of amides is 1. The Bertz CT molecular complexity index is 635. The second kappa shape index (κ2) is 7.23. The molecule has 0 saturated carbocycles. The highest BCUT2D eigenvalue weighted by Gasteiger charge is 2.22. The van der Waals surface area contributed by atoms with Gasteiger partial charge in [-0.3, -0.25) is 9.47 Å². The van der Waals surface area contributed by atoms with Crippen molar-refractivity contribution < 1.29 is 9.53 Å². The van der Waals surface area contributed by atoms with Crippen LogP contribution in [0, 0.1) is 0 Å². The lowest BCUT2D eigenvalue weighted by Gasteiger charge is -2.34. The normalized spacial score (nSPS) is 15.6. The first-order valence-electron chi connectivity index (χ1n) is 7.85. The van der Waals surface area contributed by atoms with Crippen molar-refractivity contribution in [3.63, 3.8) is 0 Å². The molecule has 2 aromatic rings. The topological polar surface area (TPSA) is 63.5 Å². The van der Waals surface area contributed by atoms with Crippen LogP contribution in [0.3, 0.4) is 0 Å². The number of carbonyl (C=O) groups excluding carboxylic acids is 1. The number of aromatic nitrogens is 3. The molecule has 122 valence electrons. The molecule has 3 rings (SSSR count). The van der Waals surface area contributed by atoms with Crippen molar-refractivity contribution in [3.8, 4) is 5.95 Å². The van der Waals surface area contributed by atoms with Crippen molar-refractivity contribution in [3.05, 3.63) is 42.5 Å². The first-order chi connectivity index (χ1) is 11.3. The van der Waals surface area contributed by atoms with Gasteiger partial charge in [0, 0.05) is 57.0 Å². The zero-order valence-corrected chi connectivity index (χ0v) is 13.3. The molecule has 7 heteroatoms. The first-order valence-corrected chi connectivity index (χ1v) is 7.85. The van der Waals surface area contributed by atoms with Crippen molar-refractivity contribution >= 4 is 6.09 Å². The Kier molecular flexibility index (Phi) is 4.87. The monoisotopic (exact) mass is 315 g/mol. The van der Waals surface area contributed by atoms with Crippen LogP contribution < -0.4 is 0 Å². The highest BCUT2D eigenvalue weighted by Crippen LogP contribution is 2.13. The third kappa shape index (κ3) is 3.68. The molecule has 3 heterocycles. The fourth-order valence-electron chi connectivity index (χ4n) is 2.69. The van der Waals surface area contributed by atoms with Crippen LogP contribution in [-0.2, 0) is 11.3 Å². The molecule has 0 N–H and O–H groups in total. The van der Waals surface area contributed by atoms with Crippen LogP contribution in [0.1, 0.15) is 12.6 Å². The van der Waals surface area contributed by atoms with E-state index in [2.05, 4.69) is 20.9 Å². The van der Waals surface area contributed by atoms with Gasteiger partial charge in [-0.1, -0.05) is 0 Å². The zero-order chi connectivity index (χ0) is 16.1. The summed E-state index contributed by atoms with van der Waals surface area (Å²) >= 11 is 0. The summed E-state index contributed by atoms with van der Waals surface area (Å²) < 4.78 is 7.04. The molecule has 1 aliphatic rings. The molecule has 0 bridgehead atoms. The lowest BCUT2D eigenvalue weighted by molar-refractivity contribution is 0.0774. The van der Waals surface area contributed by atoms with Gasteiger partial charge in [0.15, 0.2) is 0 Å². The fraction of sp³-hybridized carbons (Fsp3) is 0.438. The van der Waals surface area contributed by atoms with Gasteiger partial charge >= 0.3 is 6.09 Å². The van der Waals surface area contributed by atoms with Crippen LogP contribution in [0.5, 0.6) is 0 Å². The average Bonchev–Trinajstić information content (AvgIpc) is 3.05. The van der Waals surface area contributed by atoms with Crippen molar-refractivity contribution in [2.75, 3.05) is 32.8 Å². The standard InChI is InChI=1S/C16H21N5O2/c1-2-23-16(22)20-11-9-19(10-12-20)13-14-5-3-8-21(14)15-17-6-4-7-18-15/h3-8H,2,9-13H2,1H3. The summed E-state index contributed by atoms with van der Waals surface area (Å²) in [5.74, 6) is 0.678. The molecule has 1 amide bonds. The Morgan fingerprint density at radius 3 is 2.61 bits per heavy atom. The minimum atomic E-state index is -0.215. The summed E-state index contributed by atoms with van der Waals surface area (Å²) in [5, 5.41) is 0. The van der Waals surface area contributed by atoms with Gasteiger partial charge in [-0.05, 0) is 25.1 Å². The molecule has 23 heavy (non-hydrogen) atoms. The SMILES string of the molecule is CCOC(=O)N1CCN(Cc2cccn2-c2ncccn2)CC1. The second-order valence-corrected chi connectivity index (χ2v) is 5.38. The molecule has 7 nitrogen and oxygen atoms in total. The molecule has 0 unspecified atom stereocenters. The lowest BCUT2D eigenvalue weighted by atomic mass is 10.3. The van der Waals surface area contributed by atoms with Crippen LogP contribution >= 0.6 is 0 Å². The van der Waals surface area contributed by atoms with Crippen molar-refractivity contribution in [1.29, 1.82) is 0 Å². The van der Waals surface area contributed by atoms with Crippen LogP contribution in [-0.4, -0.2) is 63.2 Å². The predicted molar refractivity (Wildman–Crippen MR) is 85.2 cm³/mol. The summed E-state index contributed by atoms with van der Waals surface area (Å²) in [6.45, 7) is 6.11. The van der Waals surface area contributed by atoms with Crippen molar-refractivity contribution in [1.82, 2.24) is 24.3 Å². The van der Waals surface area contributed by atoms with Gasteiger partial charge in [-0.25, -0.2) is 14.8 Å². The fourth-order valence-corrected chi connectivity index (χ4v) is 2.69. The lowest BCUT2D eigenvalue weighted by Crippen LogP contribution is -2.48. The van der Waals surface area contributed by atoms with Gasteiger partial charge in [0.1, 0.15) is 0 Å². The molecular weight excluding hydrogens is 294 g/mol. The molecule has 0 aliphatic carbocycles. The van der Waals surface area contributed by atoms with E-state index >= 15 is 0 Å². The van der Waals surface area contributed by atoms with Gasteiger partial charge in [0.05, 0.1) is 6.61 Å². The summed E-state index contributed by atoms with van der Waals surface area (Å²) in [5.41, 5.74) is 1.14. The number of ether oxygens (including phenoxy) is 1. The van der Waals surface area contributed by atoms with Crippen LogP contribution in [0.2, 0.25) is 0 Å². The third-order valence-corrected chi connectivity index (χ3v) is 3.88. The molecular formula is C16H21N5O2. The van der Waals surface area contributed by atoms with E-state index in [0.717, 1.165) is 25.3 Å². The maximum atomic E-state index is 11.7. The van der Waals surface area contributed by atoms with E-state index in [1.807, 2.05) is 23.8 Å². The minimum absolute atomic E-state index is 0.215. The molecule has 1 aliphatic heterocycles. The molecule has 0 aromatic carbocycles. The Labute approximate surface area is 135 Å². The Morgan fingerprint density at radius 2 is 1.91 bits per heavy atom. The quantitative estimate of drug-likeness (QED) is 0.856. The first kappa shape index (κ1) is 15.5. The summed E-state index contributed by atoms with van der Waals surface area (Å²) in [4.78, 5) is 24.4. The van der Waals surface area contributed by atoms with Gasteiger partial charge in [0.25, 0.3) is 0 Å². The third-order valence-electron chi connectivity index (χ3n) is 3.88. The highest BCUT2D eigenvalue weighted by atomic mass is 16.6. The smallest absolute Gasteiger partial charge is 0.409 e. The largest absolute Gasteiger partial charge is 0.450 e. The predicted octanol–water partition coefficient (Wildman–Crippen LogP) is 1.54. The summed E-state index contributed by atoms with van der Waals surface area (Å²) in [6, 6.07) is 5.88. The van der Waals surface area contributed by atoms with Crippen molar-refractivity contribution in [2.45, 2.75) is 13.5 Å². The molecule has 0 atom stereocenters. The van der Waals surface area contributed by atoms with Crippen LogP contribution in [0.4, 0.5) is 4.79 Å². The van der Waals surface area contributed by atoms with Gasteiger partial charge in [-0.15, -0.1) is 0 Å². The van der Waals surface area contributed by atoms with Gasteiger partial charge in [-0.2, -0.15) is 0 Å². The van der Waals surface area contributed by atoms with E-state index in [1.54, 1.807) is 23.4 Å². The Morgan fingerprint density at radius 1 is 1.17 bits per heavy atom. The van der Waals surface area contributed by atoms with Crippen molar-refractivity contribution in [2.24, 2.45) is 0 Å². The zero-order valence-electron chi connectivity index (χ0n) is 13.3. The van der Waals surface area contributed by atoms with E-state index in [4.69, 9.17) is 4.74 Å². The van der Waals surface area contributed by atoms with E-state index in [-0.39, 0.29) is 6.09 Å². The van der Waals surface area contributed by atoms with Gasteiger partial charge in [0.2, 0.25) is 5.95 Å². The van der Waals surface area contributed by atoms with E-state index in [0.29, 0.717) is 25.6 Å². The van der Waals surface area contributed by atoms with E-state index < -0.39 is 0 Å². The molecule has 1 fully saturated rings. The maximum absolute atomic E-state index is 11.7. The summed E-state index contributed by atoms with van der Waals surface area (Å²) in [6.07, 6.45) is 5.24. The maximum Gasteiger partial charge on any atom is 0.409 e. The Hall–Kier alpha value is -2.41. The van der Waals surface area contributed by atoms with Gasteiger partial charge < -0.3 is 9.64 Å². The molecule has 1 saturated heterocycles. The summed E-state index contributed by atoms with van der Waals surface area (Å²) in [7, 11) is 0. The van der Waals surface area contributed by atoms with Crippen LogP contribution in [0.15, 0.2) is 36.8 Å². The van der Waals surface area contributed by atoms with E-state index in [1.165, 1.54) is 0 Å². The average molecular weight is 315 g/mol. The number of hydrogen-bond donors (Lipinski definition) is 0. The molecule has 0 spiro atoms. The second-order valence-electron chi connectivity index (χ2n) is 5.38. The highest BCUT2D eigenvalue weighted by molar-refractivity contribution is 5.67. The Balaban J connectivity index is 1.60. The van der Waals surface area contributed by atoms with E-state index in [9.17, 15) is 4.79 Å². The number of rotatable bonds is 4. The number of nitrogens with zero attached hydrogens (tertiary/aromatic N) is 5.